The maximum Gasteiger partial charge on any atom is 0.0505 e. The molecule has 0 aliphatic carbocycles. The van der Waals surface area contributed by atoms with Gasteiger partial charge in [-0.05, 0) is 45.8 Å². The van der Waals surface area contributed by atoms with Crippen LogP contribution in [0.3, 0.4) is 0 Å². The highest BCUT2D eigenvalue weighted by atomic mass is 15.0. The molecule has 0 fully saturated rings. The van der Waals surface area contributed by atoms with Crippen molar-refractivity contribution in [2.75, 3.05) is 0 Å². The Morgan fingerprint density at radius 1 is 1.13 bits per heavy atom. The predicted octanol–water partition coefficient (Wildman–Crippen LogP) is 4.19. The minimum Gasteiger partial charge on any atom is -0.376 e. The summed E-state index contributed by atoms with van der Waals surface area (Å²) < 4.78 is 0. The van der Waals surface area contributed by atoms with Gasteiger partial charge in [0.05, 0.1) is 5.54 Å². The van der Waals surface area contributed by atoms with Crippen LogP contribution in [-0.4, -0.2) is 5.54 Å². The molecule has 0 saturated heterocycles. The van der Waals surface area contributed by atoms with Crippen molar-refractivity contribution in [1.29, 1.82) is 0 Å². The third-order valence-corrected chi connectivity index (χ3v) is 2.33. The van der Waals surface area contributed by atoms with Gasteiger partial charge in [-0.15, -0.1) is 0 Å². The minimum absolute atomic E-state index is 0.0818. The van der Waals surface area contributed by atoms with E-state index >= 15 is 0 Å². The second-order valence-corrected chi connectivity index (χ2v) is 4.08. The molecule has 1 nitrogen and oxygen atoms in total. The standard InChI is InChI=1S/C12H19N.C2H6/c1-6-10-9(3)8-12(4,5)13-11(10)7-2;1-2/h6-8,13H,1-5H3;1-2H3/b10-6-,11-7+;. The van der Waals surface area contributed by atoms with Crippen molar-refractivity contribution < 1.29 is 0 Å². The lowest BCUT2D eigenvalue weighted by Crippen LogP contribution is -2.40. The van der Waals surface area contributed by atoms with Crippen molar-refractivity contribution in [2.45, 2.75) is 54.0 Å². The lowest BCUT2D eigenvalue weighted by molar-refractivity contribution is 0.520. The molecule has 0 saturated carbocycles. The lowest BCUT2D eigenvalue weighted by Gasteiger charge is -2.33. The average Bonchev–Trinajstić information content (AvgIpc) is 2.18. The van der Waals surface area contributed by atoms with Crippen molar-refractivity contribution in [3.8, 4) is 0 Å². The molecular weight excluding hydrogens is 182 g/mol. The van der Waals surface area contributed by atoms with E-state index in [1.807, 2.05) is 13.8 Å². The highest BCUT2D eigenvalue weighted by molar-refractivity contribution is 5.49. The molecule has 1 heterocycles. The number of hydrogen-bond acceptors (Lipinski definition) is 1. The Morgan fingerprint density at radius 3 is 2.07 bits per heavy atom. The predicted molar refractivity (Wildman–Crippen MR) is 69.8 cm³/mol. The fraction of sp³-hybridized carbons (Fsp3) is 0.571. The fourth-order valence-electron chi connectivity index (χ4n) is 1.89. The molecule has 0 aromatic rings. The second-order valence-electron chi connectivity index (χ2n) is 4.08. The Hall–Kier alpha value is -0.980. The van der Waals surface area contributed by atoms with Crippen molar-refractivity contribution in [3.63, 3.8) is 0 Å². The van der Waals surface area contributed by atoms with Gasteiger partial charge < -0.3 is 5.32 Å². The number of nitrogens with one attached hydrogen (secondary N) is 1. The number of hydrogen-bond donors (Lipinski definition) is 1. The molecule has 1 rings (SSSR count). The van der Waals surface area contributed by atoms with Gasteiger partial charge in [-0.3, -0.25) is 0 Å². The zero-order chi connectivity index (χ0) is 12.1. The highest BCUT2D eigenvalue weighted by Crippen LogP contribution is 2.27. The first-order valence-corrected chi connectivity index (χ1v) is 5.81. The summed E-state index contributed by atoms with van der Waals surface area (Å²) in [5.74, 6) is 0. The Balaban J connectivity index is 0.000000921. The summed E-state index contributed by atoms with van der Waals surface area (Å²) in [6.07, 6.45) is 6.56. The van der Waals surface area contributed by atoms with Gasteiger partial charge >= 0.3 is 0 Å². The molecular formula is C14H25N. The molecule has 1 aliphatic rings. The van der Waals surface area contributed by atoms with Gasteiger partial charge in [-0.2, -0.15) is 0 Å². The van der Waals surface area contributed by atoms with Crippen molar-refractivity contribution in [1.82, 2.24) is 5.32 Å². The molecule has 0 amide bonds. The molecule has 0 unspecified atom stereocenters. The van der Waals surface area contributed by atoms with Gasteiger partial charge in [0.1, 0.15) is 0 Å². The molecule has 0 radical (unpaired) electrons. The van der Waals surface area contributed by atoms with E-state index in [0.717, 1.165) is 0 Å². The molecule has 1 heteroatoms. The van der Waals surface area contributed by atoms with E-state index in [1.54, 1.807) is 0 Å². The van der Waals surface area contributed by atoms with Crippen LogP contribution in [0.2, 0.25) is 0 Å². The number of rotatable bonds is 0. The van der Waals surface area contributed by atoms with Gasteiger partial charge in [0.2, 0.25) is 0 Å². The first-order chi connectivity index (χ1) is 7.00. The Kier molecular flexibility index (Phi) is 5.41. The molecule has 0 bridgehead atoms. The van der Waals surface area contributed by atoms with Crippen molar-refractivity contribution in [2.24, 2.45) is 0 Å². The smallest absolute Gasteiger partial charge is 0.0505 e. The summed E-state index contributed by atoms with van der Waals surface area (Å²) >= 11 is 0. The van der Waals surface area contributed by atoms with E-state index in [9.17, 15) is 0 Å². The van der Waals surface area contributed by atoms with E-state index in [-0.39, 0.29) is 5.54 Å². The van der Waals surface area contributed by atoms with Crippen LogP contribution >= 0.6 is 0 Å². The molecule has 0 aromatic heterocycles. The first kappa shape index (κ1) is 14.0. The Bertz CT molecular complexity index is 290. The zero-order valence-corrected chi connectivity index (χ0v) is 11.2. The average molecular weight is 207 g/mol. The van der Waals surface area contributed by atoms with Crippen LogP contribution in [0.15, 0.2) is 35.1 Å². The monoisotopic (exact) mass is 207 g/mol. The largest absolute Gasteiger partial charge is 0.376 e. The summed E-state index contributed by atoms with van der Waals surface area (Å²) in [6, 6.07) is 0. The minimum atomic E-state index is 0.0818. The zero-order valence-electron chi connectivity index (χ0n) is 11.2. The quantitative estimate of drug-likeness (QED) is 0.628. The third kappa shape index (κ3) is 3.58. The van der Waals surface area contributed by atoms with Gasteiger partial charge in [-0.25, -0.2) is 0 Å². The van der Waals surface area contributed by atoms with E-state index in [2.05, 4.69) is 58.2 Å². The SMILES string of the molecule is C/C=C1/C(C)=CC(C)(C)N/C1=C/C.CC. The van der Waals surface area contributed by atoms with Crippen molar-refractivity contribution >= 4 is 0 Å². The van der Waals surface area contributed by atoms with E-state index in [0.29, 0.717) is 0 Å². The van der Waals surface area contributed by atoms with Crippen LogP contribution in [0.1, 0.15) is 48.5 Å². The van der Waals surface area contributed by atoms with Crippen LogP contribution in [0, 0.1) is 0 Å². The van der Waals surface area contributed by atoms with Gasteiger partial charge in [0.15, 0.2) is 0 Å². The third-order valence-electron chi connectivity index (χ3n) is 2.33. The molecule has 1 aliphatic heterocycles. The molecule has 0 atom stereocenters. The van der Waals surface area contributed by atoms with Crippen LogP contribution in [0.25, 0.3) is 0 Å². The van der Waals surface area contributed by atoms with E-state index in [4.69, 9.17) is 0 Å². The fourth-order valence-corrected chi connectivity index (χ4v) is 1.89. The lowest BCUT2D eigenvalue weighted by atomic mass is 9.90. The maximum absolute atomic E-state index is 3.49. The highest BCUT2D eigenvalue weighted by Gasteiger charge is 2.22. The Morgan fingerprint density at radius 2 is 1.67 bits per heavy atom. The van der Waals surface area contributed by atoms with Crippen LogP contribution in [0.5, 0.6) is 0 Å². The van der Waals surface area contributed by atoms with Crippen LogP contribution in [0.4, 0.5) is 0 Å². The normalized spacial score (nSPS) is 24.1. The van der Waals surface area contributed by atoms with Crippen molar-refractivity contribution in [3.05, 3.63) is 35.1 Å². The summed E-state index contributed by atoms with van der Waals surface area (Å²) in [5, 5.41) is 3.49. The molecule has 1 N–H and O–H groups in total. The molecule has 86 valence electrons. The molecule has 0 aromatic carbocycles. The van der Waals surface area contributed by atoms with E-state index in [1.165, 1.54) is 16.8 Å². The van der Waals surface area contributed by atoms with Gasteiger partial charge in [0.25, 0.3) is 0 Å². The summed E-state index contributed by atoms with van der Waals surface area (Å²) in [6.45, 7) is 14.7. The van der Waals surface area contributed by atoms with E-state index < -0.39 is 0 Å². The summed E-state index contributed by atoms with van der Waals surface area (Å²) in [7, 11) is 0. The Labute approximate surface area is 95.0 Å². The summed E-state index contributed by atoms with van der Waals surface area (Å²) in [4.78, 5) is 0. The summed E-state index contributed by atoms with van der Waals surface area (Å²) in [5.41, 5.74) is 4.01. The molecule has 15 heavy (non-hydrogen) atoms. The first-order valence-electron chi connectivity index (χ1n) is 5.81. The number of allylic oxidation sites excluding steroid dienone is 3. The van der Waals surface area contributed by atoms with Gasteiger partial charge in [0, 0.05) is 5.70 Å². The topological polar surface area (TPSA) is 12.0 Å². The van der Waals surface area contributed by atoms with Crippen LogP contribution < -0.4 is 5.32 Å². The second kappa shape index (κ2) is 5.79. The van der Waals surface area contributed by atoms with Crippen LogP contribution in [-0.2, 0) is 0 Å². The maximum atomic E-state index is 3.49. The molecule has 0 spiro atoms. The van der Waals surface area contributed by atoms with Gasteiger partial charge in [-0.1, -0.05) is 32.1 Å².